The van der Waals surface area contributed by atoms with Gasteiger partial charge in [-0.1, -0.05) is 68.4 Å². The summed E-state index contributed by atoms with van der Waals surface area (Å²) in [6, 6.07) is 3.10. The van der Waals surface area contributed by atoms with Gasteiger partial charge in [0, 0.05) is 37.9 Å². The van der Waals surface area contributed by atoms with Gasteiger partial charge in [0.2, 0.25) is 11.8 Å². The van der Waals surface area contributed by atoms with E-state index in [0.717, 1.165) is 66.7 Å². The first kappa shape index (κ1) is 45.7. The summed E-state index contributed by atoms with van der Waals surface area (Å²) in [6.45, 7) is 5.32. The van der Waals surface area contributed by atoms with Crippen molar-refractivity contribution in [1.82, 2.24) is 5.32 Å². The van der Waals surface area contributed by atoms with Crippen LogP contribution in [0.15, 0.2) is 76.8 Å². The van der Waals surface area contributed by atoms with Crippen molar-refractivity contribution in [1.29, 1.82) is 0 Å². The Kier molecular flexibility index (Phi) is 19.3. The summed E-state index contributed by atoms with van der Waals surface area (Å²) in [5.74, 6) is -0.952. The Hall–Kier alpha value is -3.97. The third kappa shape index (κ3) is 15.4. The molecule has 0 aromatic heterocycles. The lowest BCUT2D eigenvalue weighted by Crippen LogP contribution is -2.43. The smallest absolute Gasteiger partial charge is 0.328 e. The number of Topliss-reactive ketones (excluding diaryl/α,β-unsaturated/α-hetero) is 1. The van der Waals surface area contributed by atoms with E-state index >= 15 is 0 Å². The zero-order valence-electron chi connectivity index (χ0n) is 34.1. The van der Waals surface area contributed by atoms with Gasteiger partial charge in [-0.25, -0.2) is 4.79 Å². The third-order valence-electron chi connectivity index (χ3n) is 10.7. The van der Waals surface area contributed by atoms with Gasteiger partial charge in [0.1, 0.15) is 24.2 Å². The van der Waals surface area contributed by atoms with Crippen molar-refractivity contribution in [3.63, 3.8) is 0 Å². The number of hydrogen-bond acceptors (Lipinski definition) is 10. The number of anilines is 2. The number of benzene rings is 1. The number of allylic oxidation sites excluding steroid dienone is 6. The zero-order valence-corrected chi connectivity index (χ0v) is 34.9. The van der Waals surface area contributed by atoms with Crippen molar-refractivity contribution in [3.05, 3.63) is 77.5 Å². The molecule has 5 N–H and O–H groups in total. The van der Waals surface area contributed by atoms with E-state index in [-0.39, 0.29) is 23.7 Å². The highest BCUT2D eigenvalue weighted by molar-refractivity contribution is 8.00. The van der Waals surface area contributed by atoms with E-state index in [4.69, 9.17) is 9.47 Å². The molecular formula is C45H63N3O8S. The minimum absolute atomic E-state index is 0.0756. The van der Waals surface area contributed by atoms with Crippen LogP contribution in [0.5, 0.6) is 0 Å². The number of rotatable bonds is 5. The lowest BCUT2D eigenvalue weighted by atomic mass is 9.90. The standard InChI is InChI=1S/C45H63N3O8S/c1-30-18-17-19-33-26-37(43-38(27-33)48-41(51)29-57-43)47-40(50)25-16-9-8-13-22-35(49)28-36(55-4)23-14-6-5-7-15-24-39(31(2)42(30)52)56-45(54)32(3)46-44(53)34-20-11-10-12-21-34/h5-7,14-15,18,20,23,26-27,31-32,36,39-40,42,47,50,52H,8-13,16-17,19,21-22,24-25,28-29H2,1-4H3,(H,46,53)(H,48,51)/b6-5-,15-7-,23-14-,30-18-. The Labute approximate surface area is 342 Å². The van der Waals surface area contributed by atoms with Crippen molar-refractivity contribution >= 4 is 46.7 Å². The molecule has 12 heteroatoms. The van der Waals surface area contributed by atoms with Crippen molar-refractivity contribution in [2.24, 2.45) is 5.92 Å². The van der Waals surface area contributed by atoms with E-state index in [1.807, 2.05) is 74.6 Å². The molecule has 0 spiro atoms. The second-order valence-corrected chi connectivity index (χ2v) is 16.3. The number of amides is 2. The Bertz CT molecular complexity index is 1680. The van der Waals surface area contributed by atoms with Crippen LogP contribution in [0.2, 0.25) is 0 Å². The van der Waals surface area contributed by atoms with Gasteiger partial charge in [-0.3, -0.25) is 14.4 Å². The van der Waals surface area contributed by atoms with Gasteiger partial charge in [0.05, 0.1) is 34.2 Å². The normalized spacial score (nSPS) is 28.2. The van der Waals surface area contributed by atoms with Crippen LogP contribution in [0.25, 0.3) is 0 Å². The molecule has 0 saturated carbocycles. The highest BCUT2D eigenvalue weighted by Gasteiger charge is 2.30. The average Bonchev–Trinajstić information content (AvgIpc) is 3.19. The van der Waals surface area contributed by atoms with Crippen LogP contribution in [0.3, 0.4) is 0 Å². The van der Waals surface area contributed by atoms with Crippen LogP contribution in [0.1, 0.15) is 110 Å². The highest BCUT2D eigenvalue weighted by Crippen LogP contribution is 2.39. The molecule has 11 nitrogen and oxygen atoms in total. The maximum Gasteiger partial charge on any atom is 0.328 e. The van der Waals surface area contributed by atoms with Crippen molar-refractivity contribution in [2.75, 3.05) is 23.5 Å². The van der Waals surface area contributed by atoms with Gasteiger partial charge in [-0.15, -0.1) is 11.8 Å². The van der Waals surface area contributed by atoms with Gasteiger partial charge in [-0.2, -0.15) is 0 Å². The SMILES string of the molecule is COC1\C=C/C=C\C=C/CC(OC(=O)C(C)NC(=O)C2=CCCCC2)C(C)C(O)/C(C)=C\CCc2cc3c(c(c2)NC(O)CCCCCCC(=O)C1)SCC(=O)N3. The highest BCUT2D eigenvalue weighted by atomic mass is 32.2. The molecule has 2 aliphatic heterocycles. The van der Waals surface area contributed by atoms with Crippen molar-refractivity contribution in [2.45, 2.75) is 146 Å². The molecule has 4 rings (SSSR count). The van der Waals surface area contributed by atoms with Crippen molar-refractivity contribution in [3.8, 4) is 0 Å². The van der Waals surface area contributed by atoms with Crippen LogP contribution < -0.4 is 16.0 Å². The number of thioether (sulfide) groups is 1. The third-order valence-corrected chi connectivity index (χ3v) is 11.8. The van der Waals surface area contributed by atoms with E-state index in [1.54, 1.807) is 14.0 Å². The minimum Gasteiger partial charge on any atom is -0.460 e. The summed E-state index contributed by atoms with van der Waals surface area (Å²) >= 11 is 1.44. The van der Waals surface area contributed by atoms with E-state index in [0.29, 0.717) is 62.0 Å². The Morgan fingerprint density at radius 3 is 2.46 bits per heavy atom. The first-order valence-electron chi connectivity index (χ1n) is 20.6. The lowest BCUT2D eigenvalue weighted by molar-refractivity contribution is -0.156. The molecule has 6 unspecified atom stereocenters. The molecule has 1 aromatic rings. The first-order chi connectivity index (χ1) is 27.4. The molecule has 1 aromatic carbocycles. The molecule has 0 fully saturated rings. The topological polar surface area (TPSA) is 163 Å². The van der Waals surface area contributed by atoms with Crippen LogP contribution in [0, 0.1) is 5.92 Å². The van der Waals surface area contributed by atoms with E-state index in [9.17, 15) is 29.4 Å². The number of fused-ring (bicyclic) bond motifs is 4. The van der Waals surface area contributed by atoms with Gasteiger partial charge < -0.3 is 35.6 Å². The lowest BCUT2D eigenvalue weighted by Gasteiger charge is -2.29. The van der Waals surface area contributed by atoms with Crippen LogP contribution in [-0.2, 0) is 35.1 Å². The Balaban J connectivity index is 1.53. The number of methoxy groups -OCH3 is 1. The Morgan fingerprint density at radius 2 is 1.68 bits per heavy atom. The maximum absolute atomic E-state index is 13.4. The van der Waals surface area contributed by atoms with E-state index in [1.165, 1.54) is 11.8 Å². The van der Waals surface area contributed by atoms with Gasteiger partial charge in [0.25, 0.3) is 0 Å². The molecular weight excluding hydrogens is 743 g/mol. The van der Waals surface area contributed by atoms with Gasteiger partial charge in [-0.05, 0) is 94.9 Å². The number of aliphatic hydroxyl groups is 2. The predicted molar refractivity (Wildman–Crippen MR) is 227 cm³/mol. The fourth-order valence-corrected chi connectivity index (χ4v) is 8.05. The molecule has 2 heterocycles. The number of aliphatic hydroxyl groups excluding tert-OH is 2. The summed E-state index contributed by atoms with van der Waals surface area (Å²) in [5.41, 5.74) is 3.87. The number of hydrogen-bond donors (Lipinski definition) is 5. The minimum atomic E-state index is -0.918. The second kappa shape index (κ2) is 24.1. The predicted octanol–water partition coefficient (Wildman–Crippen LogP) is 7.64. The molecule has 312 valence electrons. The van der Waals surface area contributed by atoms with E-state index in [2.05, 4.69) is 16.0 Å². The summed E-state index contributed by atoms with van der Waals surface area (Å²) in [6.07, 6.45) is 22.0. The van der Waals surface area contributed by atoms with Gasteiger partial charge in [0.15, 0.2) is 0 Å². The largest absolute Gasteiger partial charge is 0.460 e. The zero-order chi connectivity index (χ0) is 41.2. The van der Waals surface area contributed by atoms with E-state index < -0.39 is 36.4 Å². The molecule has 0 saturated heterocycles. The second-order valence-electron chi connectivity index (χ2n) is 15.4. The number of ketones is 1. The van der Waals surface area contributed by atoms with Crippen molar-refractivity contribution < 1.29 is 38.9 Å². The first-order valence-corrected chi connectivity index (χ1v) is 21.6. The summed E-state index contributed by atoms with van der Waals surface area (Å²) in [7, 11) is 1.59. The summed E-state index contributed by atoms with van der Waals surface area (Å²) < 4.78 is 11.5. The van der Waals surface area contributed by atoms with Gasteiger partial charge >= 0.3 is 5.97 Å². The summed E-state index contributed by atoms with van der Waals surface area (Å²) in [5, 5.41) is 31.5. The monoisotopic (exact) mass is 805 g/mol. The van der Waals surface area contributed by atoms with Crippen LogP contribution in [0.4, 0.5) is 11.4 Å². The number of esters is 1. The Morgan fingerprint density at radius 1 is 0.930 bits per heavy atom. The molecule has 2 bridgehead atoms. The molecule has 6 atom stereocenters. The number of aryl methyl sites for hydroxylation is 1. The average molecular weight is 806 g/mol. The molecule has 1 aliphatic carbocycles. The quantitative estimate of drug-likeness (QED) is 0.148. The number of carbonyl (C=O) groups excluding carboxylic acids is 4. The summed E-state index contributed by atoms with van der Waals surface area (Å²) in [4.78, 5) is 52.0. The fraction of sp³-hybridized carbons (Fsp3) is 0.556. The van der Waals surface area contributed by atoms with Crippen LogP contribution in [-0.4, -0.2) is 77.2 Å². The fourth-order valence-electron chi connectivity index (χ4n) is 7.16. The number of nitrogens with one attached hydrogen (secondary N) is 3. The maximum atomic E-state index is 13.4. The number of ether oxygens (including phenoxy) is 2. The molecule has 2 amide bonds. The van der Waals surface area contributed by atoms with Crippen LogP contribution >= 0.6 is 11.8 Å². The number of carbonyl (C=O) groups is 4. The molecule has 57 heavy (non-hydrogen) atoms. The molecule has 0 radical (unpaired) electrons. The molecule has 3 aliphatic rings.